The summed E-state index contributed by atoms with van der Waals surface area (Å²) in [7, 11) is -3.59. The van der Waals surface area contributed by atoms with Crippen LogP contribution in [0.3, 0.4) is 0 Å². The number of halogens is 1. The van der Waals surface area contributed by atoms with Crippen molar-refractivity contribution in [3.8, 4) is 0 Å². The van der Waals surface area contributed by atoms with Gasteiger partial charge in [-0.15, -0.1) is 0 Å². The first-order chi connectivity index (χ1) is 10.7. The molecule has 0 atom stereocenters. The maximum absolute atomic E-state index is 12.6. The smallest absolute Gasteiger partial charge is 0.241 e. The van der Waals surface area contributed by atoms with Gasteiger partial charge < -0.3 is 5.32 Å². The zero-order chi connectivity index (χ0) is 17.1. The molecule has 0 aliphatic rings. The Labute approximate surface area is 142 Å². The van der Waals surface area contributed by atoms with E-state index in [0.717, 1.165) is 5.69 Å². The van der Waals surface area contributed by atoms with E-state index in [-0.39, 0.29) is 4.90 Å². The van der Waals surface area contributed by atoms with Crippen LogP contribution in [0, 0.1) is 0 Å². The third-order valence-corrected chi connectivity index (χ3v) is 4.98. The third kappa shape index (κ3) is 5.20. The second kappa shape index (κ2) is 6.86. The molecule has 0 aliphatic carbocycles. The molecule has 1 aromatic heterocycles. The summed E-state index contributed by atoms with van der Waals surface area (Å²) in [4.78, 5) is 4.18. The number of hydrogen-bond donors (Lipinski definition) is 2. The largest absolute Gasteiger partial charge is 0.381 e. The number of pyridine rings is 1. The van der Waals surface area contributed by atoms with Crippen molar-refractivity contribution in [2.75, 3.05) is 5.32 Å². The molecule has 0 radical (unpaired) electrons. The van der Waals surface area contributed by atoms with Gasteiger partial charge in [0.2, 0.25) is 10.0 Å². The van der Waals surface area contributed by atoms with Crippen LogP contribution in [-0.2, 0) is 16.6 Å². The van der Waals surface area contributed by atoms with Gasteiger partial charge in [-0.05, 0) is 44.5 Å². The quantitative estimate of drug-likeness (QED) is 0.808. The molecule has 0 aliphatic heterocycles. The summed E-state index contributed by atoms with van der Waals surface area (Å²) in [6, 6.07) is 10.4. The van der Waals surface area contributed by atoms with E-state index in [1.54, 1.807) is 36.5 Å². The van der Waals surface area contributed by atoms with Crippen molar-refractivity contribution >= 4 is 27.3 Å². The molecule has 2 aromatic rings. The van der Waals surface area contributed by atoms with Crippen molar-refractivity contribution in [2.24, 2.45) is 0 Å². The van der Waals surface area contributed by atoms with Crippen LogP contribution in [0.25, 0.3) is 0 Å². The lowest BCUT2D eigenvalue weighted by Crippen LogP contribution is -2.40. The highest BCUT2D eigenvalue weighted by Gasteiger charge is 2.24. The van der Waals surface area contributed by atoms with Crippen molar-refractivity contribution in [3.05, 3.63) is 53.3 Å². The minimum atomic E-state index is -3.59. The van der Waals surface area contributed by atoms with Crippen molar-refractivity contribution < 1.29 is 8.42 Å². The molecule has 0 saturated heterocycles. The first-order valence-electron chi connectivity index (χ1n) is 7.15. The van der Waals surface area contributed by atoms with Gasteiger partial charge in [0.15, 0.2) is 0 Å². The van der Waals surface area contributed by atoms with Crippen LogP contribution in [0.4, 0.5) is 5.69 Å². The fourth-order valence-electron chi connectivity index (χ4n) is 2.08. The van der Waals surface area contributed by atoms with Crippen molar-refractivity contribution in [1.82, 2.24) is 9.71 Å². The average Bonchev–Trinajstić information content (AvgIpc) is 2.43. The third-order valence-electron chi connectivity index (χ3n) is 2.91. The lowest BCUT2D eigenvalue weighted by molar-refractivity contribution is 0.491. The Kier molecular flexibility index (Phi) is 5.29. The monoisotopic (exact) mass is 353 g/mol. The highest BCUT2D eigenvalue weighted by atomic mass is 35.5. The summed E-state index contributed by atoms with van der Waals surface area (Å²) in [5.41, 5.74) is 0.913. The Morgan fingerprint density at radius 3 is 2.52 bits per heavy atom. The van der Waals surface area contributed by atoms with Crippen LogP contribution >= 0.6 is 11.6 Å². The van der Waals surface area contributed by atoms with Gasteiger partial charge in [0.25, 0.3) is 0 Å². The number of benzene rings is 1. The van der Waals surface area contributed by atoms with E-state index >= 15 is 0 Å². The number of rotatable bonds is 5. The predicted molar refractivity (Wildman–Crippen MR) is 93.1 cm³/mol. The second-order valence-corrected chi connectivity index (χ2v) is 8.22. The van der Waals surface area contributed by atoms with E-state index in [1.165, 1.54) is 0 Å². The van der Waals surface area contributed by atoms with E-state index in [0.29, 0.717) is 17.3 Å². The molecule has 2 N–H and O–H groups in total. The summed E-state index contributed by atoms with van der Waals surface area (Å²) < 4.78 is 27.8. The zero-order valence-corrected chi connectivity index (χ0v) is 14.9. The van der Waals surface area contributed by atoms with E-state index in [1.807, 2.05) is 26.8 Å². The van der Waals surface area contributed by atoms with Gasteiger partial charge in [0.05, 0.1) is 4.90 Å². The molecule has 23 heavy (non-hydrogen) atoms. The molecule has 0 amide bonds. The van der Waals surface area contributed by atoms with Crippen LogP contribution < -0.4 is 10.0 Å². The number of anilines is 1. The summed E-state index contributed by atoms with van der Waals surface area (Å²) in [5.74, 6) is 0. The van der Waals surface area contributed by atoms with Crippen LogP contribution in [0.15, 0.2) is 47.5 Å². The topological polar surface area (TPSA) is 71.1 Å². The van der Waals surface area contributed by atoms with Gasteiger partial charge in [-0.25, -0.2) is 18.1 Å². The van der Waals surface area contributed by atoms with E-state index in [9.17, 15) is 8.42 Å². The number of hydrogen-bond acceptors (Lipinski definition) is 4. The SMILES string of the molecule is CC(C)(C)NS(=O)(=O)c1ccccc1CNc1ccnc(Cl)c1. The molecule has 2 rings (SSSR count). The molecule has 0 spiro atoms. The second-order valence-electron chi connectivity index (χ2n) is 6.18. The molecule has 0 saturated carbocycles. The van der Waals surface area contributed by atoms with Gasteiger partial charge in [-0.2, -0.15) is 0 Å². The number of sulfonamides is 1. The van der Waals surface area contributed by atoms with E-state index < -0.39 is 15.6 Å². The van der Waals surface area contributed by atoms with E-state index in [2.05, 4.69) is 15.0 Å². The fourth-order valence-corrected chi connectivity index (χ4v) is 3.91. The van der Waals surface area contributed by atoms with Crippen LogP contribution in [-0.4, -0.2) is 18.9 Å². The van der Waals surface area contributed by atoms with Gasteiger partial charge in [-0.1, -0.05) is 29.8 Å². The summed E-state index contributed by atoms with van der Waals surface area (Å²) >= 11 is 5.85. The molecule has 0 bridgehead atoms. The zero-order valence-electron chi connectivity index (χ0n) is 13.3. The molecule has 0 fully saturated rings. The van der Waals surface area contributed by atoms with E-state index in [4.69, 9.17) is 11.6 Å². The summed E-state index contributed by atoms with van der Waals surface area (Å²) in [6.45, 7) is 5.79. The lowest BCUT2D eigenvalue weighted by Gasteiger charge is -2.21. The van der Waals surface area contributed by atoms with Gasteiger partial charge >= 0.3 is 0 Å². The standard InChI is InChI=1S/C16H20ClN3O2S/c1-16(2,3)20-23(21,22)14-7-5-4-6-12(14)11-19-13-8-9-18-15(17)10-13/h4-10,20H,11H2,1-3H3,(H,18,19). The molecule has 7 heteroatoms. The first-order valence-corrected chi connectivity index (χ1v) is 9.01. The van der Waals surface area contributed by atoms with Crippen molar-refractivity contribution in [2.45, 2.75) is 37.8 Å². The number of nitrogens with one attached hydrogen (secondary N) is 2. The Bertz CT molecular complexity index is 786. The molecule has 0 unspecified atom stereocenters. The number of aromatic nitrogens is 1. The fraction of sp³-hybridized carbons (Fsp3) is 0.312. The van der Waals surface area contributed by atoms with Gasteiger partial charge in [0.1, 0.15) is 5.15 Å². The van der Waals surface area contributed by atoms with Crippen LogP contribution in [0.2, 0.25) is 5.15 Å². The maximum atomic E-state index is 12.6. The average molecular weight is 354 g/mol. The predicted octanol–water partition coefficient (Wildman–Crippen LogP) is 3.42. The Morgan fingerprint density at radius 2 is 1.87 bits per heavy atom. The Balaban J connectivity index is 2.24. The molecule has 1 aromatic carbocycles. The Hall–Kier alpha value is -1.63. The normalized spacial score (nSPS) is 12.2. The maximum Gasteiger partial charge on any atom is 0.241 e. The molecular weight excluding hydrogens is 334 g/mol. The summed E-state index contributed by atoms with van der Waals surface area (Å²) in [6.07, 6.45) is 1.59. The first kappa shape index (κ1) is 17.7. The van der Waals surface area contributed by atoms with Gasteiger partial charge in [0, 0.05) is 24.0 Å². The molecular formula is C16H20ClN3O2S. The van der Waals surface area contributed by atoms with Crippen molar-refractivity contribution in [3.63, 3.8) is 0 Å². The lowest BCUT2D eigenvalue weighted by atomic mass is 10.1. The highest BCUT2D eigenvalue weighted by molar-refractivity contribution is 7.89. The summed E-state index contributed by atoms with van der Waals surface area (Å²) in [5, 5.41) is 3.54. The number of nitrogens with zero attached hydrogens (tertiary/aromatic N) is 1. The van der Waals surface area contributed by atoms with Gasteiger partial charge in [-0.3, -0.25) is 0 Å². The molecule has 1 heterocycles. The minimum Gasteiger partial charge on any atom is -0.381 e. The molecule has 124 valence electrons. The molecule has 5 nitrogen and oxygen atoms in total. The highest BCUT2D eigenvalue weighted by Crippen LogP contribution is 2.20. The van der Waals surface area contributed by atoms with Crippen molar-refractivity contribution in [1.29, 1.82) is 0 Å². The Morgan fingerprint density at radius 1 is 1.17 bits per heavy atom. The minimum absolute atomic E-state index is 0.266. The van der Waals surface area contributed by atoms with Crippen LogP contribution in [0.5, 0.6) is 0 Å². The van der Waals surface area contributed by atoms with Crippen LogP contribution in [0.1, 0.15) is 26.3 Å².